The number of hydrogen-bond donors (Lipinski definition) is 2. The van der Waals surface area contributed by atoms with Crippen molar-refractivity contribution in [3.05, 3.63) is 191 Å². The number of nitrogens with zero attached hydrogens (tertiary/aromatic N) is 1. The van der Waals surface area contributed by atoms with Gasteiger partial charge in [0, 0.05) is 31.6 Å². The molecule has 1 heterocycles. The number of amides is 1. The van der Waals surface area contributed by atoms with E-state index in [-0.39, 0.29) is 12.5 Å². The van der Waals surface area contributed by atoms with E-state index in [0.29, 0.717) is 80.1 Å². The van der Waals surface area contributed by atoms with E-state index >= 15 is 0 Å². The number of aliphatic hydroxyl groups excluding tert-OH is 1. The Morgan fingerprint density at radius 2 is 1.34 bits per heavy atom. The van der Waals surface area contributed by atoms with Crippen LogP contribution in [0.3, 0.4) is 0 Å². The molecule has 1 aliphatic rings. The number of ether oxygens (including phenoxy) is 5. The van der Waals surface area contributed by atoms with Crippen LogP contribution in [0.25, 0.3) is 0 Å². The second kappa shape index (κ2) is 19.5. The minimum Gasteiger partial charge on any atom is -0.497 e. The summed E-state index contributed by atoms with van der Waals surface area (Å²) in [6.45, 7) is 1.59. The molecule has 0 aliphatic carbocycles. The van der Waals surface area contributed by atoms with Crippen molar-refractivity contribution in [2.45, 2.75) is 44.1 Å². The Balaban J connectivity index is 1.15. The van der Waals surface area contributed by atoms with Crippen LogP contribution in [0.4, 0.5) is 0 Å². The lowest BCUT2D eigenvalue weighted by molar-refractivity contribution is -0.128. The Morgan fingerprint density at radius 3 is 2.00 bits per heavy atom. The molecule has 6 aromatic rings. The van der Waals surface area contributed by atoms with Crippen LogP contribution >= 0.6 is 0 Å². The Hall–Kier alpha value is -6.58. The van der Waals surface area contributed by atoms with Crippen molar-refractivity contribution < 1.29 is 33.6 Å². The normalized spacial score (nSPS) is 15.8. The highest BCUT2D eigenvalue weighted by molar-refractivity contribution is 6.01. The second-order valence-corrected chi connectivity index (χ2v) is 14.1. The lowest BCUT2D eigenvalue weighted by Crippen LogP contribution is -2.50. The van der Waals surface area contributed by atoms with Crippen LogP contribution in [-0.2, 0) is 35.6 Å². The number of aliphatic imine (C=N–C) groups is 1. The van der Waals surface area contributed by atoms with Gasteiger partial charge in [0.15, 0.2) is 23.1 Å². The molecule has 6 aromatic carbocycles. The number of nitrogens with one attached hydrogen (secondary N) is 1. The van der Waals surface area contributed by atoms with Gasteiger partial charge in [0.2, 0.25) is 5.90 Å². The van der Waals surface area contributed by atoms with Crippen LogP contribution in [0.1, 0.15) is 45.9 Å². The summed E-state index contributed by atoms with van der Waals surface area (Å²) in [5, 5.41) is 12.4. The summed E-state index contributed by atoms with van der Waals surface area (Å²) in [6, 6.07) is 50.9. The lowest BCUT2D eigenvalue weighted by atomic mass is 9.82. The van der Waals surface area contributed by atoms with Crippen molar-refractivity contribution in [3.8, 4) is 23.0 Å². The van der Waals surface area contributed by atoms with Crippen molar-refractivity contribution >= 4 is 11.8 Å². The summed E-state index contributed by atoms with van der Waals surface area (Å²) in [6.07, 6.45) is 0.594. The van der Waals surface area contributed by atoms with E-state index < -0.39 is 11.6 Å². The van der Waals surface area contributed by atoms with Gasteiger partial charge in [-0.05, 0) is 82.8 Å². The summed E-state index contributed by atoms with van der Waals surface area (Å²) >= 11 is 0. The van der Waals surface area contributed by atoms with Crippen molar-refractivity contribution in [2.75, 3.05) is 26.9 Å². The van der Waals surface area contributed by atoms with E-state index in [1.54, 1.807) is 7.11 Å². The number of benzene rings is 6. The van der Waals surface area contributed by atoms with Gasteiger partial charge >= 0.3 is 0 Å². The van der Waals surface area contributed by atoms with Gasteiger partial charge < -0.3 is 34.1 Å². The average Bonchev–Trinajstić information content (AvgIpc) is 3.67. The van der Waals surface area contributed by atoms with Crippen LogP contribution < -0.4 is 24.3 Å². The number of hydrogen-bond acceptors (Lipinski definition) is 8. The monoisotopic (exact) mass is 776 g/mol. The molecule has 2 atom stereocenters. The maximum absolute atomic E-state index is 14.9. The fraction of sp³-hybridized carbons (Fsp3) is 0.224. The standard InChI is InChI=1S/C49H48N2O7/c1-54-43-20-11-19-41(32-43)46-49(33-37-13-5-2-6-14-37,51-47(58-46)40-22-24-42(25-23-40)55-30-12-29-52)48(53)50-28-27-36-21-26-44(56-34-38-15-7-3-8-16-38)45(31-36)57-35-39-17-9-4-10-18-39/h2-11,13-26,31-32,46,52H,12,27-30,33-35H2,1H3,(H,50,53)/t46-,49-/m1/s1. The zero-order chi connectivity index (χ0) is 40.0. The topological polar surface area (TPSA) is 108 Å². The van der Waals surface area contributed by atoms with Gasteiger partial charge in [0.05, 0.1) is 13.7 Å². The Bertz CT molecular complexity index is 2250. The molecular formula is C49H48N2O7. The molecule has 0 spiro atoms. The number of carbonyl (C=O) groups is 1. The molecule has 0 aromatic heterocycles. The SMILES string of the molecule is COc1cccc([C@H]2OC(c3ccc(OCCCO)cc3)=N[C@@]2(Cc2ccccc2)C(=O)NCCc2ccc(OCc3ccccc3)c(OCc3ccccc3)c2)c1. The van der Waals surface area contributed by atoms with Crippen LogP contribution in [0.15, 0.2) is 163 Å². The van der Waals surface area contributed by atoms with E-state index in [0.717, 1.165) is 27.8 Å². The summed E-state index contributed by atoms with van der Waals surface area (Å²) in [5.74, 6) is 2.68. The summed E-state index contributed by atoms with van der Waals surface area (Å²) in [4.78, 5) is 20.0. The minimum atomic E-state index is -1.36. The molecule has 7 rings (SSSR count). The van der Waals surface area contributed by atoms with Crippen molar-refractivity contribution in [1.82, 2.24) is 5.32 Å². The van der Waals surface area contributed by atoms with Crippen molar-refractivity contribution in [2.24, 2.45) is 4.99 Å². The van der Waals surface area contributed by atoms with Gasteiger partial charge in [-0.3, -0.25) is 4.79 Å². The summed E-state index contributed by atoms with van der Waals surface area (Å²) in [7, 11) is 1.62. The number of carbonyl (C=O) groups excluding carboxylic acids is 1. The third kappa shape index (κ3) is 10.0. The largest absolute Gasteiger partial charge is 0.497 e. The van der Waals surface area contributed by atoms with Gasteiger partial charge in [-0.15, -0.1) is 0 Å². The number of methoxy groups -OCH3 is 1. The van der Waals surface area contributed by atoms with Gasteiger partial charge in [-0.1, -0.05) is 109 Å². The van der Waals surface area contributed by atoms with E-state index in [1.165, 1.54) is 0 Å². The molecule has 1 amide bonds. The first-order valence-corrected chi connectivity index (χ1v) is 19.6. The van der Waals surface area contributed by atoms with E-state index in [2.05, 4.69) is 5.32 Å². The van der Waals surface area contributed by atoms with Gasteiger partial charge in [-0.25, -0.2) is 4.99 Å². The van der Waals surface area contributed by atoms with E-state index in [1.807, 2.05) is 158 Å². The van der Waals surface area contributed by atoms with Gasteiger partial charge in [0.1, 0.15) is 24.7 Å². The predicted molar refractivity (Wildman–Crippen MR) is 225 cm³/mol. The molecule has 0 fully saturated rings. The molecule has 0 saturated heterocycles. The van der Waals surface area contributed by atoms with Crippen LogP contribution in [-0.4, -0.2) is 49.3 Å². The Kier molecular flexibility index (Phi) is 13.3. The van der Waals surface area contributed by atoms with Crippen LogP contribution in [0, 0.1) is 0 Å². The maximum atomic E-state index is 14.9. The maximum Gasteiger partial charge on any atom is 0.252 e. The number of aliphatic hydroxyl groups is 1. The van der Waals surface area contributed by atoms with Crippen LogP contribution in [0.5, 0.6) is 23.0 Å². The molecule has 0 unspecified atom stereocenters. The zero-order valence-electron chi connectivity index (χ0n) is 32.6. The Labute approximate surface area is 339 Å². The third-order valence-electron chi connectivity index (χ3n) is 9.92. The Morgan fingerprint density at radius 1 is 0.690 bits per heavy atom. The molecule has 0 bridgehead atoms. The first-order chi connectivity index (χ1) is 28.5. The zero-order valence-corrected chi connectivity index (χ0v) is 32.6. The minimum absolute atomic E-state index is 0.0561. The second-order valence-electron chi connectivity index (χ2n) is 14.1. The summed E-state index contributed by atoms with van der Waals surface area (Å²) < 4.78 is 30.7. The predicted octanol–water partition coefficient (Wildman–Crippen LogP) is 8.47. The molecular weight excluding hydrogens is 729 g/mol. The quantitative estimate of drug-likeness (QED) is 0.0795. The lowest BCUT2D eigenvalue weighted by Gasteiger charge is -2.31. The van der Waals surface area contributed by atoms with Crippen LogP contribution in [0.2, 0.25) is 0 Å². The first-order valence-electron chi connectivity index (χ1n) is 19.6. The molecule has 0 saturated carbocycles. The first kappa shape index (κ1) is 39.6. The van der Waals surface area contributed by atoms with Gasteiger partial charge in [0.25, 0.3) is 5.91 Å². The molecule has 9 nitrogen and oxygen atoms in total. The number of rotatable bonds is 19. The smallest absolute Gasteiger partial charge is 0.252 e. The molecule has 296 valence electrons. The molecule has 1 aliphatic heterocycles. The molecule has 9 heteroatoms. The van der Waals surface area contributed by atoms with Crippen molar-refractivity contribution in [3.63, 3.8) is 0 Å². The summed E-state index contributed by atoms with van der Waals surface area (Å²) in [5.41, 5.74) is 4.13. The highest BCUT2D eigenvalue weighted by Crippen LogP contribution is 2.43. The van der Waals surface area contributed by atoms with E-state index in [4.69, 9.17) is 33.8 Å². The van der Waals surface area contributed by atoms with Gasteiger partial charge in [-0.2, -0.15) is 0 Å². The fourth-order valence-electron chi connectivity index (χ4n) is 6.88. The highest BCUT2D eigenvalue weighted by Gasteiger charge is 2.53. The molecule has 58 heavy (non-hydrogen) atoms. The molecule has 2 N–H and O–H groups in total. The van der Waals surface area contributed by atoms with E-state index in [9.17, 15) is 4.79 Å². The highest BCUT2D eigenvalue weighted by atomic mass is 16.5. The third-order valence-corrected chi connectivity index (χ3v) is 9.92. The fourth-order valence-corrected chi connectivity index (χ4v) is 6.88. The van der Waals surface area contributed by atoms with Crippen molar-refractivity contribution in [1.29, 1.82) is 0 Å². The average molecular weight is 777 g/mol. The molecule has 0 radical (unpaired) electrons.